The molecule has 3 rings (SSSR count). The van der Waals surface area contributed by atoms with Crippen LogP contribution in [0.15, 0.2) is 65.8 Å². The van der Waals surface area contributed by atoms with Gasteiger partial charge >= 0.3 is 17.7 Å². The number of halogens is 3. The van der Waals surface area contributed by atoms with E-state index in [4.69, 9.17) is 9.57 Å². The Kier molecular flexibility index (Phi) is 6.35. The van der Waals surface area contributed by atoms with E-state index in [1.165, 1.54) is 25.1 Å². The molecule has 1 aliphatic heterocycles. The number of ether oxygens (including phenoxy) is 1. The van der Waals surface area contributed by atoms with Crippen molar-refractivity contribution in [3.8, 4) is 0 Å². The number of nitrogens with zero attached hydrogens (tertiary/aromatic N) is 1. The lowest BCUT2D eigenvalue weighted by atomic mass is 9.94. The van der Waals surface area contributed by atoms with Crippen LogP contribution in [0.4, 0.5) is 23.7 Å². The fourth-order valence-electron chi connectivity index (χ4n) is 3.03. The number of carbonyl (C=O) groups excluding carboxylic acids is 1. The van der Waals surface area contributed by atoms with E-state index in [1.807, 2.05) is 0 Å². The van der Waals surface area contributed by atoms with Crippen LogP contribution in [0.5, 0.6) is 0 Å². The largest absolute Gasteiger partial charge is 0.352 e. The Labute approximate surface area is 177 Å². The second-order valence-corrected chi connectivity index (χ2v) is 7.10. The van der Waals surface area contributed by atoms with Crippen molar-refractivity contribution in [1.29, 1.82) is 0 Å². The van der Waals surface area contributed by atoms with Crippen molar-refractivity contribution in [3.05, 3.63) is 77.6 Å². The van der Waals surface area contributed by atoms with Gasteiger partial charge in [0.1, 0.15) is 5.82 Å². The summed E-state index contributed by atoms with van der Waals surface area (Å²) in [5, 5.41) is 8.83. The molecule has 1 unspecified atom stereocenters. The van der Waals surface area contributed by atoms with E-state index < -0.39 is 23.6 Å². The molecule has 0 spiro atoms. The van der Waals surface area contributed by atoms with Gasteiger partial charge in [-0.2, -0.15) is 8.78 Å². The highest BCUT2D eigenvalue weighted by Gasteiger charge is 2.61. The van der Waals surface area contributed by atoms with E-state index in [2.05, 4.69) is 22.4 Å². The number of methoxy groups -OCH3 is 1. The summed E-state index contributed by atoms with van der Waals surface area (Å²) in [6.45, 7) is 4.70. The third kappa shape index (κ3) is 4.56. The quantitative estimate of drug-likeness (QED) is 0.615. The van der Waals surface area contributed by atoms with Crippen LogP contribution in [0.25, 0.3) is 0 Å². The highest BCUT2D eigenvalue weighted by Crippen LogP contribution is 2.44. The van der Waals surface area contributed by atoms with Crippen molar-refractivity contribution in [2.75, 3.05) is 12.4 Å². The van der Waals surface area contributed by atoms with Gasteiger partial charge in [0.2, 0.25) is 0 Å². The van der Waals surface area contributed by atoms with Crippen LogP contribution in [0.1, 0.15) is 24.5 Å². The van der Waals surface area contributed by atoms with E-state index in [9.17, 15) is 18.0 Å². The molecule has 31 heavy (non-hydrogen) atoms. The van der Waals surface area contributed by atoms with Crippen LogP contribution < -0.4 is 10.6 Å². The molecular formula is C22H22F3N3O3. The molecule has 0 saturated heterocycles. The third-order valence-electron chi connectivity index (χ3n) is 4.91. The Morgan fingerprint density at radius 2 is 1.94 bits per heavy atom. The van der Waals surface area contributed by atoms with Crippen LogP contribution in [-0.4, -0.2) is 30.6 Å². The Balaban J connectivity index is 1.60. The van der Waals surface area contributed by atoms with Crippen LogP contribution in [-0.2, 0) is 16.1 Å². The molecule has 2 amide bonds. The second kappa shape index (κ2) is 8.81. The van der Waals surface area contributed by atoms with Gasteiger partial charge in [-0.15, -0.1) is 0 Å². The highest BCUT2D eigenvalue weighted by atomic mass is 19.3. The van der Waals surface area contributed by atoms with E-state index in [-0.39, 0.29) is 24.2 Å². The van der Waals surface area contributed by atoms with Gasteiger partial charge < -0.3 is 20.2 Å². The summed E-state index contributed by atoms with van der Waals surface area (Å²) in [7, 11) is 1.14. The van der Waals surface area contributed by atoms with Crippen LogP contribution in [0.2, 0.25) is 0 Å². The minimum absolute atomic E-state index is 0.0720. The van der Waals surface area contributed by atoms with Gasteiger partial charge in [0, 0.05) is 13.7 Å². The molecule has 1 atom stereocenters. The van der Waals surface area contributed by atoms with Crippen molar-refractivity contribution in [1.82, 2.24) is 5.32 Å². The van der Waals surface area contributed by atoms with Crippen LogP contribution in [0, 0.1) is 5.82 Å². The first-order valence-electron chi connectivity index (χ1n) is 9.41. The number of oxime groups is 1. The fourth-order valence-corrected chi connectivity index (χ4v) is 3.03. The molecule has 0 aliphatic carbocycles. The SMILES string of the molecule is C=C(C)C(F)(F)C1(OC)CC(c2ccc(CNC(=O)Nc3ccccc3F)cc2)=NO1. The van der Waals surface area contributed by atoms with E-state index in [0.29, 0.717) is 11.3 Å². The van der Waals surface area contributed by atoms with Crippen molar-refractivity contribution < 1.29 is 27.5 Å². The molecule has 6 nitrogen and oxygen atoms in total. The number of benzene rings is 2. The van der Waals surface area contributed by atoms with Crippen molar-refractivity contribution >= 4 is 17.4 Å². The van der Waals surface area contributed by atoms with Crippen molar-refractivity contribution in [2.24, 2.45) is 5.16 Å². The summed E-state index contributed by atoms with van der Waals surface area (Å²) in [6, 6.07) is 12.1. The molecule has 2 N–H and O–H groups in total. The molecule has 0 fully saturated rings. The molecule has 9 heteroatoms. The lowest BCUT2D eigenvalue weighted by Gasteiger charge is -2.33. The molecule has 0 saturated carbocycles. The maximum Gasteiger partial charge on any atom is 0.335 e. The molecular weight excluding hydrogens is 411 g/mol. The number of carbonyl (C=O) groups is 1. The lowest BCUT2D eigenvalue weighted by molar-refractivity contribution is -0.303. The maximum atomic E-state index is 14.5. The number of urea groups is 1. The summed E-state index contributed by atoms with van der Waals surface area (Å²) in [4.78, 5) is 17.0. The van der Waals surface area contributed by atoms with Gasteiger partial charge in [0.25, 0.3) is 0 Å². The second-order valence-electron chi connectivity index (χ2n) is 7.10. The predicted octanol–water partition coefficient (Wildman–Crippen LogP) is 4.83. The van der Waals surface area contributed by atoms with Gasteiger partial charge in [-0.1, -0.05) is 48.1 Å². The third-order valence-corrected chi connectivity index (χ3v) is 4.91. The Morgan fingerprint density at radius 1 is 1.26 bits per heavy atom. The highest BCUT2D eigenvalue weighted by molar-refractivity contribution is 6.01. The Bertz CT molecular complexity index is 1010. The maximum absolute atomic E-state index is 14.5. The standard InChI is InChI=1S/C22H22F3N3O3/c1-14(2)22(24,25)21(30-3)12-19(28-31-21)16-10-8-15(9-11-16)13-26-20(29)27-18-7-5-4-6-17(18)23/h4-11H,1,12-13H2,2-3H3,(H2,26,27,29). The number of para-hydroxylation sites is 1. The number of hydrogen-bond acceptors (Lipinski definition) is 4. The van der Waals surface area contributed by atoms with Crippen LogP contribution in [0.3, 0.4) is 0 Å². The molecule has 164 valence electrons. The molecule has 0 bridgehead atoms. The smallest absolute Gasteiger partial charge is 0.335 e. The minimum Gasteiger partial charge on any atom is -0.352 e. The lowest BCUT2D eigenvalue weighted by Crippen LogP contribution is -2.50. The molecule has 2 aromatic rings. The first kappa shape index (κ1) is 22.4. The average molecular weight is 433 g/mol. The number of hydrogen-bond donors (Lipinski definition) is 2. The summed E-state index contributed by atoms with van der Waals surface area (Å²) >= 11 is 0. The first-order valence-corrected chi connectivity index (χ1v) is 9.41. The molecule has 1 heterocycles. The van der Waals surface area contributed by atoms with E-state index in [0.717, 1.165) is 12.7 Å². The Hall–Kier alpha value is -3.33. The first-order chi connectivity index (χ1) is 14.7. The molecule has 1 aliphatic rings. The summed E-state index contributed by atoms with van der Waals surface area (Å²) in [5.74, 6) is -6.20. The van der Waals surface area contributed by atoms with Crippen LogP contribution >= 0.6 is 0 Å². The summed E-state index contributed by atoms with van der Waals surface area (Å²) < 4.78 is 47.6. The number of amides is 2. The van der Waals surface area contributed by atoms with Gasteiger partial charge in [-0.3, -0.25) is 0 Å². The monoisotopic (exact) mass is 433 g/mol. The van der Waals surface area contributed by atoms with Gasteiger partial charge in [0.05, 0.1) is 17.8 Å². The van der Waals surface area contributed by atoms with E-state index >= 15 is 0 Å². The topological polar surface area (TPSA) is 72.0 Å². The zero-order valence-corrected chi connectivity index (χ0v) is 17.0. The van der Waals surface area contributed by atoms with Gasteiger partial charge in [0.15, 0.2) is 0 Å². The fraction of sp³-hybridized carbons (Fsp3) is 0.273. The summed E-state index contributed by atoms with van der Waals surface area (Å²) in [5.41, 5.74) is 1.32. The van der Waals surface area contributed by atoms with Crippen molar-refractivity contribution in [2.45, 2.75) is 31.6 Å². The number of nitrogens with one attached hydrogen (secondary N) is 2. The van der Waals surface area contributed by atoms with Gasteiger partial charge in [-0.25, -0.2) is 9.18 Å². The number of anilines is 1. The summed E-state index contributed by atoms with van der Waals surface area (Å²) in [6.07, 6.45) is -0.258. The minimum atomic E-state index is -3.43. The molecule has 0 aromatic heterocycles. The number of alkyl halides is 2. The number of rotatable bonds is 7. The predicted molar refractivity (Wildman–Crippen MR) is 110 cm³/mol. The normalized spacial score (nSPS) is 18.2. The zero-order chi connectivity index (χ0) is 22.6. The molecule has 0 radical (unpaired) electrons. The molecule has 2 aromatic carbocycles. The van der Waals surface area contributed by atoms with E-state index in [1.54, 1.807) is 30.3 Å². The average Bonchev–Trinajstić information content (AvgIpc) is 3.21. The zero-order valence-electron chi connectivity index (χ0n) is 17.0. The van der Waals surface area contributed by atoms with Crippen molar-refractivity contribution in [3.63, 3.8) is 0 Å². The van der Waals surface area contributed by atoms with Gasteiger partial charge in [-0.05, 0) is 35.8 Å². The Morgan fingerprint density at radius 3 is 2.55 bits per heavy atom.